The van der Waals surface area contributed by atoms with Crippen LogP contribution in [0.3, 0.4) is 0 Å². The smallest absolute Gasteiger partial charge is 0.240 e. The van der Waals surface area contributed by atoms with E-state index in [-0.39, 0.29) is 35.1 Å². The fraction of sp³-hybridized carbons (Fsp3) is 0.464. The van der Waals surface area contributed by atoms with Crippen molar-refractivity contribution in [1.29, 1.82) is 0 Å². The molecule has 0 fully saturated rings. The monoisotopic (exact) mass is 524 g/mol. The van der Waals surface area contributed by atoms with Crippen LogP contribution < -0.4 is 10.2 Å². The van der Waals surface area contributed by atoms with Crippen molar-refractivity contribution in [3.8, 4) is 5.69 Å². The molecule has 0 radical (unpaired) electrons. The third kappa shape index (κ3) is 5.25. The number of nitrogens with one attached hydrogen (secondary N) is 1. The molecule has 1 N–H and O–H groups in total. The van der Waals surface area contributed by atoms with E-state index in [9.17, 15) is 9.59 Å². The van der Waals surface area contributed by atoms with Crippen LogP contribution in [0, 0.1) is 13.8 Å². The molecule has 2 aromatic heterocycles. The van der Waals surface area contributed by atoms with Crippen LogP contribution in [0.5, 0.6) is 0 Å². The number of anilines is 1. The van der Waals surface area contributed by atoms with E-state index < -0.39 is 0 Å². The fourth-order valence-electron chi connectivity index (χ4n) is 4.54. The summed E-state index contributed by atoms with van der Waals surface area (Å²) in [5.74, 6) is 0.762. The number of benzene rings is 1. The van der Waals surface area contributed by atoms with Crippen LogP contribution >= 0.6 is 23.1 Å². The number of aromatic nitrogens is 2. The number of fused-ring (bicyclic) bond motifs is 1. The molecule has 1 aromatic carbocycles. The highest BCUT2D eigenvalue weighted by Crippen LogP contribution is 2.48. The lowest BCUT2D eigenvalue weighted by atomic mass is 9.87. The van der Waals surface area contributed by atoms with Crippen molar-refractivity contribution in [2.45, 2.75) is 71.6 Å². The van der Waals surface area contributed by atoms with Gasteiger partial charge in [0.25, 0.3) is 0 Å². The Bertz CT molecular complexity index is 1260. The predicted molar refractivity (Wildman–Crippen MR) is 151 cm³/mol. The minimum atomic E-state index is -0.263. The number of carbonyl (C=O) groups excluding carboxylic acids is 2. The van der Waals surface area contributed by atoms with Gasteiger partial charge >= 0.3 is 0 Å². The number of thiophene rings is 1. The summed E-state index contributed by atoms with van der Waals surface area (Å²) < 4.78 is 1.91. The van der Waals surface area contributed by atoms with Crippen LogP contribution in [0.1, 0.15) is 74.2 Å². The molecular formula is C28H36N4O2S2. The molecule has 0 unspecified atom stereocenters. The normalized spacial score (nSPS) is 17.0. The Morgan fingerprint density at radius 1 is 1.25 bits per heavy atom. The molecule has 0 aliphatic carbocycles. The second kappa shape index (κ2) is 10.4. The van der Waals surface area contributed by atoms with E-state index in [1.807, 2.05) is 18.5 Å². The average molecular weight is 525 g/mol. The van der Waals surface area contributed by atoms with Gasteiger partial charge in [0, 0.05) is 17.0 Å². The van der Waals surface area contributed by atoms with Crippen molar-refractivity contribution in [2.24, 2.45) is 0 Å². The van der Waals surface area contributed by atoms with Crippen LogP contribution in [-0.4, -0.2) is 39.9 Å². The summed E-state index contributed by atoms with van der Waals surface area (Å²) in [6.07, 6.45) is 0.829. The highest BCUT2D eigenvalue weighted by atomic mass is 32.2. The topological polar surface area (TPSA) is 67.2 Å². The van der Waals surface area contributed by atoms with Gasteiger partial charge in [0.1, 0.15) is 12.4 Å². The van der Waals surface area contributed by atoms with Gasteiger partial charge in [0.05, 0.1) is 22.4 Å². The molecule has 0 saturated carbocycles. The lowest BCUT2D eigenvalue weighted by Gasteiger charge is -2.25. The van der Waals surface area contributed by atoms with Gasteiger partial charge in [0.15, 0.2) is 0 Å². The van der Waals surface area contributed by atoms with Gasteiger partial charge in [-0.3, -0.25) is 14.5 Å². The summed E-state index contributed by atoms with van der Waals surface area (Å²) in [6.45, 7) is 14.6. The van der Waals surface area contributed by atoms with E-state index in [1.54, 1.807) is 28.0 Å². The Morgan fingerprint density at radius 2 is 2.00 bits per heavy atom. The minimum Gasteiger partial charge on any atom is -0.352 e. The Labute approximate surface area is 222 Å². The first-order valence-electron chi connectivity index (χ1n) is 12.5. The van der Waals surface area contributed by atoms with Gasteiger partial charge in [-0.2, -0.15) is 16.4 Å². The molecule has 4 rings (SSSR count). The molecule has 0 bridgehead atoms. The van der Waals surface area contributed by atoms with Crippen molar-refractivity contribution in [1.82, 2.24) is 15.1 Å². The molecule has 2 amide bonds. The van der Waals surface area contributed by atoms with Crippen molar-refractivity contribution in [3.63, 3.8) is 0 Å². The van der Waals surface area contributed by atoms with E-state index in [4.69, 9.17) is 5.10 Å². The number of aryl methyl sites for hydroxylation is 2. The SMILES string of the molecule is CC[C@@H](C)NC(=O)CN1C(=O)CS[C@@H](c2ccsc2)c2c(C(C)(C)C)nn(-c3ccc(C)cc3C)c21. The quantitative estimate of drug-likeness (QED) is 0.434. The van der Waals surface area contributed by atoms with E-state index in [0.717, 1.165) is 40.1 Å². The second-order valence-corrected chi connectivity index (χ2v) is 12.5. The molecule has 36 heavy (non-hydrogen) atoms. The lowest BCUT2D eigenvalue weighted by molar-refractivity contribution is -0.123. The van der Waals surface area contributed by atoms with Crippen molar-refractivity contribution < 1.29 is 9.59 Å². The molecule has 0 saturated heterocycles. The van der Waals surface area contributed by atoms with E-state index >= 15 is 0 Å². The molecule has 6 nitrogen and oxygen atoms in total. The molecule has 1 aliphatic rings. The zero-order chi connectivity index (χ0) is 26.2. The molecule has 0 spiro atoms. The number of amides is 2. The first kappa shape index (κ1) is 26.5. The summed E-state index contributed by atoms with van der Waals surface area (Å²) in [5.41, 5.74) is 6.02. The Kier molecular flexibility index (Phi) is 7.67. The van der Waals surface area contributed by atoms with Gasteiger partial charge in [-0.25, -0.2) is 4.68 Å². The Morgan fingerprint density at radius 3 is 2.61 bits per heavy atom. The maximum atomic E-state index is 13.7. The van der Waals surface area contributed by atoms with Crippen LogP contribution in [0.2, 0.25) is 0 Å². The van der Waals surface area contributed by atoms with Crippen LogP contribution in [0.4, 0.5) is 5.82 Å². The standard InChI is InChI=1S/C28H36N4O2S2/c1-8-19(4)29-22(33)14-31-23(34)16-36-25(20-11-12-35-15-20)24-26(28(5,6)7)30-32(27(24)31)21-10-9-17(2)13-18(21)3/h9-13,15,19,25H,8,14,16H2,1-7H3,(H,29,33)/t19-,25+/m1/s1. The van der Waals surface area contributed by atoms with E-state index in [1.165, 1.54) is 0 Å². The summed E-state index contributed by atoms with van der Waals surface area (Å²) in [4.78, 5) is 28.4. The summed E-state index contributed by atoms with van der Waals surface area (Å²) in [7, 11) is 0. The summed E-state index contributed by atoms with van der Waals surface area (Å²) in [5, 5.41) is 12.4. The zero-order valence-electron chi connectivity index (χ0n) is 22.2. The molecule has 3 aromatic rings. The van der Waals surface area contributed by atoms with Crippen molar-refractivity contribution >= 4 is 40.7 Å². The van der Waals surface area contributed by atoms with Crippen molar-refractivity contribution in [2.75, 3.05) is 17.2 Å². The van der Waals surface area contributed by atoms with Crippen LogP contribution in [-0.2, 0) is 15.0 Å². The zero-order valence-corrected chi connectivity index (χ0v) is 23.8. The number of carbonyl (C=O) groups is 2. The maximum absolute atomic E-state index is 13.7. The third-order valence-corrected chi connectivity index (χ3v) is 8.50. The molecule has 2 atom stereocenters. The number of nitrogens with zero attached hydrogens (tertiary/aromatic N) is 3. The van der Waals surface area contributed by atoms with Crippen LogP contribution in [0.25, 0.3) is 5.69 Å². The van der Waals surface area contributed by atoms with Gasteiger partial charge < -0.3 is 5.32 Å². The van der Waals surface area contributed by atoms with E-state index in [0.29, 0.717) is 11.6 Å². The maximum Gasteiger partial charge on any atom is 0.240 e. The van der Waals surface area contributed by atoms with Gasteiger partial charge in [-0.1, -0.05) is 45.4 Å². The molecular weight excluding hydrogens is 488 g/mol. The lowest BCUT2D eigenvalue weighted by Crippen LogP contribution is -2.44. The summed E-state index contributed by atoms with van der Waals surface area (Å²) >= 11 is 3.27. The molecule has 192 valence electrons. The number of hydrogen-bond donors (Lipinski definition) is 1. The second-order valence-electron chi connectivity index (χ2n) is 10.6. The Hall–Kier alpha value is -2.58. The molecule has 1 aliphatic heterocycles. The van der Waals surface area contributed by atoms with Gasteiger partial charge in [0.2, 0.25) is 11.8 Å². The minimum absolute atomic E-state index is 0.0344. The number of hydrogen-bond acceptors (Lipinski definition) is 5. The average Bonchev–Trinajstić information content (AvgIpc) is 3.44. The number of thioether (sulfide) groups is 1. The van der Waals surface area contributed by atoms with Crippen molar-refractivity contribution in [3.05, 3.63) is 63.0 Å². The highest BCUT2D eigenvalue weighted by Gasteiger charge is 2.40. The Balaban J connectivity index is 1.99. The largest absolute Gasteiger partial charge is 0.352 e. The molecule has 3 heterocycles. The fourth-order valence-corrected chi connectivity index (χ4v) is 6.50. The van der Waals surface area contributed by atoms with Crippen LogP contribution in [0.15, 0.2) is 35.0 Å². The summed E-state index contributed by atoms with van der Waals surface area (Å²) in [6, 6.07) is 8.43. The first-order chi connectivity index (χ1) is 17.0. The first-order valence-corrected chi connectivity index (χ1v) is 14.4. The number of rotatable bonds is 6. The predicted octanol–water partition coefficient (Wildman–Crippen LogP) is 5.93. The van der Waals surface area contributed by atoms with Gasteiger partial charge in [-0.05, 0) is 61.2 Å². The van der Waals surface area contributed by atoms with E-state index in [2.05, 4.69) is 75.0 Å². The van der Waals surface area contributed by atoms with Gasteiger partial charge in [-0.15, -0.1) is 11.8 Å². The third-order valence-electron chi connectivity index (χ3n) is 6.55. The highest BCUT2D eigenvalue weighted by molar-refractivity contribution is 8.00. The molecule has 8 heteroatoms.